The summed E-state index contributed by atoms with van der Waals surface area (Å²) in [6.07, 6.45) is -0.870. The van der Waals surface area contributed by atoms with Gasteiger partial charge in [-0.15, -0.1) is 0 Å². The second kappa shape index (κ2) is 4.72. The fourth-order valence-electron chi connectivity index (χ4n) is 1.50. The van der Waals surface area contributed by atoms with Gasteiger partial charge in [-0.3, -0.25) is 4.79 Å². The molecule has 0 radical (unpaired) electrons. The van der Waals surface area contributed by atoms with Crippen LogP contribution in [0.25, 0.3) is 0 Å². The minimum absolute atomic E-state index is 0.0141. The lowest BCUT2D eigenvalue weighted by molar-refractivity contribution is -0.875. The van der Waals surface area contributed by atoms with Crippen molar-refractivity contribution >= 4 is 11.8 Å². The third kappa shape index (κ3) is 4.90. The van der Waals surface area contributed by atoms with Crippen molar-refractivity contribution in [2.45, 2.75) is 25.3 Å². The third-order valence-corrected chi connectivity index (χ3v) is 1.92. The van der Waals surface area contributed by atoms with Gasteiger partial charge in [0.25, 0.3) is 0 Å². The molecule has 0 fully saturated rings. The third-order valence-electron chi connectivity index (χ3n) is 1.92. The van der Waals surface area contributed by atoms with E-state index in [1.165, 1.54) is 0 Å². The van der Waals surface area contributed by atoms with E-state index < -0.39 is 23.8 Å². The highest BCUT2D eigenvalue weighted by atomic mass is 16.4. The molecule has 0 aromatic heterocycles. The highest BCUT2D eigenvalue weighted by molar-refractivity contribution is 5.90. The number of carbonyl (C=O) groups is 2. The van der Waals surface area contributed by atoms with Crippen molar-refractivity contribution in [3.63, 3.8) is 0 Å². The van der Waals surface area contributed by atoms with Crippen LogP contribution in [0.15, 0.2) is 0 Å². The molecule has 0 unspecified atom stereocenters. The monoisotopic (exact) mass is 218 g/mol. The van der Waals surface area contributed by atoms with Crippen molar-refractivity contribution in [1.82, 2.24) is 0 Å². The molecule has 0 amide bonds. The van der Waals surface area contributed by atoms with Gasteiger partial charge in [0.2, 0.25) is 0 Å². The van der Waals surface area contributed by atoms with E-state index in [1.54, 1.807) is 21.1 Å². The molecular formula is C10H19NO4. The van der Waals surface area contributed by atoms with Crippen molar-refractivity contribution in [3.8, 4) is 0 Å². The van der Waals surface area contributed by atoms with Crippen molar-refractivity contribution in [2.75, 3.05) is 27.7 Å². The van der Waals surface area contributed by atoms with Gasteiger partial charge in [0.15, 0.2) is 11.4 Å². The molecule has 5 heteroatoms. The molecule has 0 saturated heterocycles. The first-order valence-electron chi connectivity index (χ1n) is 5.37. The van der Waals surface area contributed by atoms with Gasteiger partial charge >= 0.3 is 0 Å². The minimum atomic E-state index is -1.93. The van der Waals surface area contributed by atoms with Crippen molar-refractivity contribution in [1.29, 1.82) is 0 Å². The summed E-state index contributed by atoms with van der Waals surface area (Å²) in [7, 11) is 5.23. The first-order chi connectivity index (χ1) is 7.10. The Labute approximate surface area is 91.3 Å². The number of aliphatic carboxylic acids is 1. The molecule has 0 aliphatic carbocycles. The molecule has 0 heterocycles. The van der Waals surface area contributed by atoms with Crippen LogP contribution in [0.1, 0.15) is 21.1 Å². The average Bonchev–Trinajstić information content (AvgIpc) is 1.98. The Kier molecular flexibility index (Phi) is 3.82. The first-order valence-corrected chi connectivity index (χ1v) is 4.66. The summed E-state index contributed by atoms with van der Waals surface area (Å²) in [5, 5.41) is 20.6. The molecule has 0 aromatic rings. The van der Waals surface area contributed by atoms with Gasteiger partial charge in [0.05, 0.1) is 21.1 Å². The normalized spacial score (nSPS) is 16.7. The lowest BCUT2D eigenvalue weighted by Gasteiger charge is -2.34. The molecule has 0 aliphatic heterocycles. The van der Waals surface area contributed by atoms with Gasteiger partial charge in [-0.25, -0.2) is 0 Å². The molecule has 1 atom stereocenters. The maximum atomic E-state index is 11.6. The maximum absolute atomic E-state index is 11.6. The Balaban J connectivity index is 4.87. The van der Waals surface area contributed by atoms with Gasteiger partial charge in [0.1, 0.15) is 6.54 Å². The van der Waals surface area contributed by atoms with Gasteiger partial charge in [-0.1, -0.05) is 6.90 Å². The van der Waals surface area contributed by atoms with Gasteiger partial charge in [0, 0.05) is 20.2 Å². The second-order valence-electron chi connectivity index (χ2n) is 4.70. The molecule has 0 aliphatic rings. The summed E-state index contributed by atoms with van der Waals surface area (Å²) in [4.78, 5) is 22.1. The Morgan fingerprint density at radius 2 is 2.00 bits per heavy atom. The number of carboxylic acid groups (broad SMARTS) is 1. The van der Waals surface area contributed by atoms with Crippen LogP contribution in [0, 0.1) is 0 Å². The van der Waals surface area contributed by atoms with Crippen molar-refractivity contribution in [2.24, 2.45) is 0 Å². The van der Waals surface area contributed by atoms with Crippen molar-refractivity contribution < 1.29 is 25.7 Å². The smallest absolute Gasteiger partial charge is 0.177 e. The molecule has 5 nitrogen and oxygen atoms in total. The molecule has 88 valence electrons. The highest BCUT2D eigenvalue weighted by Gasteiger charge is 2.39. The summed E-state index contributed by atoms with van der Waals surface area (Å²) in [6, 6.07) is 0. The summed E-state index contributed by atoms with van der Waals surface area (Å²) in [6.45, 7) is -0.175. The van der Waals surface area contributed by atoms with Crippen LogP contribution in [0.5, 0.6) is 0 Å². The Morgan fingerprint density at radius 3 is 2.33 bits per heavy atom. The first kappa shape index (κ1) is 12.1. The van der Waals surface area contributed by atoms with Gasteiger partial charge in [-0.05, 0) is 0 Å². The second-order valence-corrected chi connectivity index (χ2v) is 4.70. The summed E-state index contributed by atoms with van der Waals surface area (Å²) in [5.74, 6) is -2.07. The SMILES string of the molecule is [2H]CCC(=O)[C@@](O)(CC(=O)[O-])C[N+](C)(C)C. The van der Waals surface area contributed by atoms with E-state index in [9.17, 15) is 19.8 Å². The van der Waals surface area contributed by atoms with E-state index >= 15 is 0 Å². The van der Waals surface area contributed by atoms with Gasteiger partial charge in [-0.2, -0.15) is 0 Å². The van der Waals surface area contributed by atoms with E-state index in [4.69, 9.17) is 1.37 Å². The maximum Gasteiger partial charge on any atom is 0.177 e. The summed E-state index contributed by atoms with van der Waals surface area (Å²) >= 11 is 0. The molecule has 0 bridgehead atoms. The number of aliphatic hydroxyl groups is 1. The number of nitrogens with zero attached hydrogens (tertiary/aromatic N) is 1. The quantitative estimate of drug-likeness (QED) is 0.553. The number of Topliss-reactive ketones (excluding diaryl/α,β-unsaturated/α-hetero) is 1. The average molecular weight is 218 g/mol. The molecular weight excluding hydrogens is 198 g/mol. The molecule has 0 rings (SSSR count). The van der Waals surface area contributed by atoms with Crippen LogP contribution in [-0.4, -0.2) is 54.6 Å². The number of likely N-dealkylation sites (N-methyl/N-ethyl adjacent to an activating group) is 1. The largest absolute Gasteiger partial charge is 0.550 e. The van der Waals surface area contributed by atoms with E-state index in [0.717, 1.165) is 0 Å². The molecule has 0 aromatic carbocycles. The lowest BCUT2D eigenvalue weighted by Crippen LogP contribution is -2.55. The minimum Gasteiger partial charge on any atom is -0.550 e. The highest BCUT2D eigenvalue weighted by Crippen LogP contribution is 2.17. The zero-order chi connectivity index (χ0) is 13.0. The predicted octanol–water partition coefficient (Wildman–Crippen LogP) is -1.46. The molecule has 0 saturated carbocycles. The predicted molar refractivity (Wildman–Crippen MR) is 52.8 cm³/mol. The topological polar surface area (TPSA) is 77.4 Å². The molecule has 15 heavy (non-hydrogen) atoms. The van der Waals surface area contributed by atoms with E-state index in [1.807, 2.05) is 0 Å². The van der Waals surface area contributed by atoms with Crippen LogP contribution in [-0.2, 0) is 9.59 Å². The standard InChI is InChI=1S/C10H19NO4/c1-5-8(12)10(15,6-9(13)14)7-11(2,3)4/h15H,5-7H2,1-4H3/t10-/m1/s1/i1D. The Morgan fingerprint density at radius 1 is 1.47 bits per heavy atom. The Hall–Kier alpha value is -0.940. The van der Waals surface area contributed by atoms with E-state index in [0.29, 0.717) is 0 Å². The van der Waals surface area contributed by atoms with E-state index in [-0.39, 0.29) is 24.3 Å². The van der Waals surface area contributed by atoms with E-state index in [2.05, 4.69) is 0 Å². The number of hydrogen-bond donors (Lipinski definition) is 1. The fourth-order valence-corrected chi connectivity index (χ4v) is 1.50. The van der Waals surface area contributed by atoms with Crippen LogP contribution in [0.2, 0.25) is 0 Å². The zero-order valence-electron chi connectivity index (χ0n) is 10.4. The summed E-state index contributed by atoms with van der Waals surface area (Å²) in [5.41, 5.74) is -1.93. The van der Waals surface area contributed by atoms with Crippen LogP contribution >= 0.6 is 0 Å². The Bertz CT molecular complexity index is 274. The zero-order valence-corrected chi connectivity index (χ0v) is 9.45. The van der Waals surface area contributed by atoms with Crippen LogP contribution < -0.4 is 5.11 Å². The summed E-state index contributed by atoms with van der Waals surface area (Å²) < 4.78 is 7.18. The molecule has 1 N–H and O–H groups in total. The van der Waals surface area contributed by atoms with Crippen molar-refractivity contribution in [3.05, 3.63) is 0 Å². The number of carboxylic acids is 1. The van der Waals surface area contributed by atoms with Gasteiger partial charge < -0.3 is 19.5 Å². The number of ketones is 1. The lowest BCUT2D eigenvalue weighted by atomic mass is 9.91. The van der Waals surface area contributed by atoms with Crippen LogP contribution in [0.4, 0.5) is 0 Å². The number of carbonyl (C=O) groups excluding carboxylic acids is 2. The van der Waals surface area contributed by atoms with Crippen LogP contribution in [0.3, 0.4) is 0 Å². The molecule has 0 spiro atoms. The number of hydrogen-bond acceptors (Lipinski definition) is 4. The fraction of sp³-hybridized carbons (Fsp3) is 0.800. The number of quaternary nitrogens is 1. The number of rotatable bonds is 6.